The SMILES string of the molecule is CCCc1cc(N2CCC(NCC(O)c3ccc(C(=O)NCC4CC4)cc3)CC2)nc2sc(C(N)=O)c(N)c12. The smallest absolute Gasteiger partial charge is 0.260 e. The van der Waals surface area contributed by atoms with Gasteiger partial charge >= 0.3 is 0 Å². The molecule has 1 saturated heterocycles. The molecule has 2 aliphatic rings. The van der Waals surface area contributed by atoms with Crippen LogP contribution in [0.5, 0.6) is 0 Å². The predicted octanol–water partition coefficient (Wildman–Crippen LogP) is 3.36. The van der Waals surface area contributed by atoms with Gasteiger partial charge < -0.3 is 32.1 Å². The minimum atomic E-state index is -0.643. The summed E-state index contributed by atoms with van der Waals surface area (Å²) < 4.78 is 0. The first-order valence-corrected chi connectivity index (χ1v) is 14.7. The molecule has 2 amide bonds. The summed E-state index contributed by atoms with van der Waals surface area (Å²) in [5.41, 5.74) is 14.8. The Morgan fingerprint density at radius 2 is 1.90 bits per heavy atom. The third-order valence-corrected chi connectivity index (χ3v) is 8.85. The van der Waals surface area contributed by atoms with Crippen molar-refractivity contribution in [1.29, 1.82) is 0 Å². The second kappa shape index (κ2) is 11.9. The number of benzene rings is 1. The van der Waals surface area contributed by atoms with Crippen molar-refractivity contribution < 1.29 is 14.7 Å². The van der Waals surface area contributed by atoms with E-state index in [0.717, 1.165) is 72.5 Å². The second-order valence-electron chi connectivity index (χ2n) is 10.7. The number of piperidine rings is 1. The summed E-state index contributed by atoms with van der Waals surface area (Å²) in [4.78, 5) is 32.4. The lowest BCUT2D eigenvalue weighted by atomic mass is 10.0. The van der Waals surface area contributed by atoms with E-state index < -0.39 is 12.0 Å². The number of anilines is 2. The molecule has 1 atom stereocenters. The number of thiophene rings is 1. The number of nitrogens with two attached hydrogens (primary N) is 2. The summed E-state index contributed by atoms with van der Waals surface area (Å²) in [5.74, 6) is 0.976. The Hall–Kier alpha value is -3.21. The average Bonchev–Trinajstić information content (AvgIpc) is 3.71. The highest BCUT2D eigenvalue weighted by atomic mass is 32.1. The van der Waals surface area contributed by atoms with E-state index in [0.29, 0.717) is 34.6 Å². The Morgan fingerprint density at radius 1 is 1.18 bits per heavy atom. The van der Waals surface area contributed by atoms with Gasteiger partial charge in [-0.1, -0.05) is 25.5 Å². The van der Waals surface area contributed by atoms with Gasteiger partial charge in [-0.25, -0.2) is 4.98 Å². The largest absolute Gasteiger partial charge is 0.397 e. The third-order valence-electron chi connectivity index (χ3n) is 7.73. The van der Waals surface area contributed by atoms with E-state index in [1.54, 1.807) is 12.1 Å². The van der Waals surface area contributed by atoms with Gasteiger partial charge in [0, 0.05) is 43.2 Å². The molecule has 2 fully saturated rings. The van der Waals surface area contributed by atoms with Crippen LogP contribution in [-0.4, -0.2) is 54.1 Å². The van der Waals surface area contributed by atoms with Crippen LogP contribution >= 0.6 is 11.3 Å². The number of primary amides is 1. The zero-order valence-corrected chi connectivity index (χ0v) is 23.2. The third kappa shape index (κ3) is 6.34. The van der Waals surface area contributed by atoms with Gasteiger partial charge in [-0.15, -0.1) is 11.3 Å². The van der Waals surface area contributed by atoms with Crippen molar-refractivity contribution in [3.63, 3.8) is 0 Å². The Balaban J connectivity index is 1.15. The summed E-state index contributed by atoms with van der Waals surface area (Å²) >= 11 is 1.27. The van der Waals surface area contributed by atoms with E-state index in [-0.39, 0.29) is 5.91 Å². The lowest BCUT2D eigenvalue weighted by Crippen LogP contribution is -2.44. The van der Waals surface area contributed by atoms with Crippen LogP contribution in [0.3, 0.4) is 0 Å². The molecule has 1 aromatic carbocycles. The van der Waals surface area contributed by atoms with Crippen LogP contribution in [0.2, 0.25) is 0 Å². The molecule has 1 unspecified atom stereocenters. The number of nitrogens with one attached hydrogen (secondary N) is 2. The molecule has 208 valence electrons. The van der Waals surface area contributed by atoms with Crippen LogP contribution in [0.15, 0.2) is 30.3 Å². The molecule has 10 heteroatoms. The molecular formula is C29H38N6O3S. The van der Waals surface area contributed by atoms with E-state index in [1.807, 2.05) is 12.1 Å². The number of rotatable bonds is 11. The lowest BCUT2D eigenvalue weighted by Gasteiger charge is -2.34. The van der Waals surface area contributed by atoms with Gasteiger partial charge in [-0.2, -0.15) is 0 Å². The number of carbonyl (C=O) groups excluding carboxylic acids is 2. The van der Waals surface area contributed by atoms with Crippen molar-refractivity contribution >= 4 is 44.9 Å². The number of amides is 2. The summed E-state index contributed by atoms with van der Waals surface area (Å²) in [5, 5.41) is 18.1. The average molecular weight is 551 g/mol. The topological polar surface area (TPSA) is 147 Å². The highest BCUT2D eigenvalue weighted by Crippen LogP contribution is 2.37. The number of fused-ring (bicyclic) bond motifs is 1. The minimum Gasteiger partial charge on any atom is -0.397 e. The summed E-state index contributed by atoms with van der Waals surface area (Å²) in [7, 11) is 0. The fourth-order valence-electron chi connectivity index (χ4n) is 5.22. The Kier molecular flexibility index (Phi) is 8.34. The van der Waals surface area contributed by atoms with E-state index in [1.165, 1.54) is 24.2 Å². The molecular weight excluding hydrogens is 512 g/mol. The van der Waals surface area contributed by atoms with Gasteiger partial charge in [0.25, 0.3) is 11.8 Å². The molecule has 39 heavy (non-hydrogen) atoms. The molecule has 0 bridgehead atoms. The summed E-state index contributed by atoms with van der Waals surface area (Å²) in [6.45, 7) is 5.00. The maximum atomic E-state index is 12.3. The molecule has 0 radical (unpaired) electrons. The standard InChI is InChI=1S/C29H38N6O3S/c1-2-3-20-14-23(34-29-24(20)25(30)26(39-29)27(31)37)35-12-10-21(11-13-35)32-16-22(36)18-6-8-19(9-7-18)28(38)33-15-17-4-5-17/h6-9,14,17,21-22,32,36H,2-5,10-13,15-16,30H2,1H3,(H2,31,37)(H,33,38). The number of nitrogens with zero attached hydrogens (tertiary/aromatic N) is 2. The van der Waals surface area contributed by atoms with Crippen LogP contribution in [-0.2, 0) is 6.42 Å². The molecule has 1 aliphatic carbocycles. The molecule has 9 nitrogen and oxygen atoms in total. The first-order chi connectivity index (χ1) is 18.8. The molecule has 5 rings (SSSR count). The van der Waals surface area contributed by atoms with Crippen LogP contribution in [0.1, 0.15) is 76.3 Å². The van der Waals surface area contributed by atoms with Crippen LogP contribution in [0.25, 0.3) is 10.2 Å². The molecule has 7 N–H and O–H groups in total. The van der Waals surface area contributed by atoms with E-state index >= 15 is 0 Å². The highest BCUT2D eigenvalue weighted by molar-refractivity contribution is 7.21. The second-order valence-corrected chi connectivity index (χ2v) is 11.7. The number of hydrogen-bond donors (Lipinski definition) is 5. The molecule has 3 heterocycles. The first-order valence-electron chi connectivity index (χ1n) is 13.9. The zero-order valence-electron chi connectivity index (χ0n) is 22.4. The molecule has 0 spiro atoms. The number of hydrogen-bond acceptors (Lipinski definition) is 8. The Bertz CT molecular complexity index is 1330. The number of pyridine rings is 1. The summed E-state index contributed by atoms with van der Waals surface area (Å²) in [6.07, 6.45) is 5.43. The van der Waals surface area contributed by atoms with Gasteiger partial charge in [0.15, 0.2) is 0 Å². The van der Waals surface area contributed by atoms with Crippen LogP contribution in [0, 0.1) is 5.92 Å². The number of carbonyl (C=O) groups is 2. The normalized spacial score (nSPS) is 16.9. The van der Waals surface area contributed by atoms with Gasteiger partial charge in [-0.3, -0.25) is 9.59 Å². The maximum Gasteiger partial charge on any atom is 0.260 e. The first kappa shape index (κ1) is 27.4. The van der Waals surface area contributed by atoms with Crippen molar-refractivity contribution in [1.82, 2.24) is 15.6 Å². The van der Waals surface area contributed by atoms with Crippen molar-refractivity contribution in [3.8, 4) is 0 Å². The summed E-state index contributed by atoms with van der Waals surface area (Å²) in [6, 6.07) is 9.62. The van der Waals surface area contributed by atoms with Gasteiger partial charge in [0.2, 0.25) is 0 Å². The zero-order chi connectivity index (χ0) is 27.5. The number of nitrogen functional groups attached to an aromatic ring is 1. The fraction of sp³-hybridized carbons (Fsp3) is 0.483. The van der Waals surface area contributed by atoms with Gasteiger partial charge in [0.1, 0.15) is 15.5 Å². The van der Waals surface area contributed by atoms with E-state index in [9.17, 15) is 14.7 Å². The molecule has 1 aliphatic heterocycles. The molecule has 3 aromatic rings. The van der Waals surface area contributed by atoms with Gasteiger partial charge in [0.05, 0.1) is 11.8 Å². The highest BCUT2D eigenvalue weighted by Gasteiger charge is 2.25. The van der Waals surface area contributed by atoms with Crippen LogP contribution in [0.4, 0.5) is 11.5 Å². The van der Waals surface area contributed by atoms with E-state index in [4.69, 9.17) is 16.5 Å². The number of aliphatic hydroxyl groups is 1. The van der Waals surface area contributed by atoms with Gasteiger partial charge in [-0.05, 0) is 67.3 Å². The van der Waals surface area contributed by atoms with Crippen molar-refractivity contribution in [3.05, 3.63) is 51.9 Å². The molecule has 2 aromatic heterocycles. The van der Waals surface area contributed by atoms with Crippen molar-refractivity contribution in [2.24, 2.45) is 11.7 Å². The van der Waals surface area contributed by atoms with Crippen molar-refractivity contribution in [2.75, 3.05) is 36.8 Å². The number of aryl methyl sites for hydroxylation is 1. The Morgan fingerprint density at radius 3 is 2.54 bits per heavy atom. The molecule has 1 saturated carbocycles. The monoisotopic (exact) mass is 550 g/mol. The lowest BCUT2D eigenvalue weighted by molar-refractivity contribution is 0.0950. The minimum absolute atomic E-state index is 0.0564. The van der Waals surface area contributed by atoms with Crippen molar-refractivity contribution in [2.45, 2.75) is 57.6 Å². The Labute approximate surface area is 233 Å². The van der Waals surface area contributed by atoms with E-state index in [2.05, 4.69) is 28.5 Å². The quantitative estimate of drug-likeness (QED) is 0.246. The number of aliphatic hydroxyl groups excluding tert-OH is 1. The predicted molar refractivity (Wildman–Crippen MR) is 156 cm³/mol. The fourth-order valence-corrected chi connectivity index (χ4v) is 6.21. The van der Waals surface area contributed by atoms with Crippen LogP contribution < -0.4 is 27.0 Å². The number of aromatic nitrogens is 1. The maximum absolute atomic E-state index is 12.3.